The van der Waals surface area contributed by atoms with Gasteiger partial charge in [-0.1, -0.05) is 295 Å². The van der Waals surface area contributed by atoms with Crippen LogP contribution in [-0.4, -0.2) is 95.9 Å². The normalized spacial score (nSPS) is 14.9. The van der Waals surface area contributed by atoms with Crippen molar-refractivity contribution in [2.75, 3.05) is 39.6 Å². The fourth-order valence-electron chi connectivity index (χ4n) is 9.81. The van der Waals surface area contributed by atoms with Gasteiger partial charge in [-0.25, -0.2) is 9.13 Å². The van der Waals surface area contributed by atoms with Crippen LogP contribution in [0.1, 0.15) is 290 Å². The molecule has 18 heteroatoms. The van der Waals surface area contributed by atoms with Crippen LogP contribution in [0.4, 0.5) is 0 Å². The van der Waals surface area contributed by atoms with Gasteiger partial charge >= 0.3 is 33.6 Å². The maximum absolute atomic E-state index is 12.9. The molecule has 99 heavy (non-hydrogen) atoms. The number of phosphoric ester groups is 2. The summed E-state index contributed by atoms with van der Waals surface area (Å²) in [5.41, 5.74) is 0. The Bertz CT molecular complexity index is 2380. The maximum Gasteiger partial charge on any atom is 0.472 e. The van der Waals surface area contributed by atoms with Crippen LogP contribution < -0.4 is 0 Å². The molecule has 5 unspecified atom stereocenters. The molecule has 0 rings (SSSR count). The van der Waals surface area contributed by atoms with Crippen LogP contribution in [-0.2, 0) is 55.8 Å². The zero-order valence-electron chi connectivity index (χ0n) is 61.6. The van der Waals surface area contributed by atoms with E-state index in [1.54, 1.807) is 0 Å². The van der Waals surface area contributed by atoms with Gasteiger partial charge in [-0.3, -0.25) is 32.5 Å². The van der Waals surface area contributed by atoms with Gasteiger partial charge in [0.1, 0.15) is 25.4 Å². The number of rotatable bonds is 71. The molecule has 0 aromatic heterocycles. The SMILES string of the molecule is CC/C=C\C/C=C\C/C=C\C/C=C\C/C=C\C/C=C\CCCCCCCCCCCCC(=O)OCC(O)COP(=O)(O)OCC(O)COP(=O)(O)OCC(COC(=O)CCCCCC/C=C\C/C=C\C/C=C\C/C=C\C/C=C\C/C=C\CC)OC(=O)CCCCCCCCCCCCC. The molecule has 0 amide bonds. The fourth-order valence-corrected chi connectivity index (χ4v) is 11.4. The van der Waals surface area contributed by atoms with Gasteiger partial charge < -0.3 is 34.2 Å². The number of phosphoric acid groups is 2. The largest absolute Gasteiger partial charge is 0.472 e. The van der Waals surface area contributed by atoms with Crippen molar-refractivity contribution in [2.24, 2.45) is 0 Å². The molecular formula is C81H136O16P2. The lowest BCUT2D eigenvalue weighted by atomic mass is 10.1. The number of aliphatic hydroxyl groups excluding tert-OH is 2. The number of aliphatic hydroxyl groups is 2. The number of carbonyl (C=O) groups is 3. The van der Waals surface area contributed by atoms with E-state index >= 15 is 0 Å². The number of carbonyl (C=O) groups excluding carboxylic acids is 3. The summed E-state index contributed by atoms with van der Waals surface area (Å²) in [7, 11) is -9.79. The van der Waals surface area contributed by atoms with Crippen LogP contribution in [0.2, 0.25) is 0 Å². The first-order valence-corrected chi connectivity index (χ1v) is 41.1. The highest BCUT2D eigenvalue weighted by Gasteiger charge is 2.29. The fraction of sp³-hybridized carbons (Fsp3) is 0.667. The smallest absolute Gasteiger partial charge is 0.463 e. The third-order valence-electron chi connectivity index (χ3n) is 15.6. The van der Waals surface area contributed by atoms with E-state index < -0.39 is 91.5 Å². The molecule has 0 aliphatic heterocycles. The first kappa shape index (κ1) is 94.4. The van der Waals surface area contributed by atoms with Gasteiger partial charge in [0.15, 0.2) is 6.10 Å². The van der Waals surface area contributed by atoms with Crippen molar-refractivity contribution in [1.29, 1.82) is 0 Å². The predicted octanol–water partition coefficient (Wildman–Crippen LogP) is 22.1. The van der Waals surface area contributed by atoms with Crippen molar-refractivity contribution in [2.45, 2.75) is 309 Å². The topological polar surface area (TPSA) is 231 Å². The highest BCUT2D eigenvalue weighted by atomic mass is 31.2. The Labute approximate surface area is 600 Å². The van der Waals surface area contributed by atoms with Crippen LogP contribution >= 0.6 is 15.6 Å². The van der Waals surface area contributed by atoms with Crippen LogP contribution in [0.25, 0.3) is 0 Å². The molecule has 0 radical (unpaired) electrons. The van der Waals surface area contributed by atoms with Gasteiger partial charge in [-0.2, -0.15) is 0 Å². The molecule has 0 heterocycles. The Balaban J connectivity index is 4.50. The van der Waals surface area contributed by atoms with Gasteiger partial charge in [0.25, 0.3) is 0 Å². The molecular weight excluding hydrogens is 1290 g/mol. The van der Waals surface area contributed by atoms with Gasteiger partial charge in [0.2, 0.25) is 0 Å². The lowest BCUT2D eigenvalue weighted by Crippen LogP contribution is -2.30. The predicted molar refractivity (Wildman–Crippen MR) is 408 cm³/mol. The lowest BCUT2D eigenvalue weighted by Gasteiger charge is -2.21. The van der Waals surface area contributed by atoms with Crippen LogP contribution in [0.5, 0.6) is 0 Å². The number of unbranched alkanes of at least 4 members (excludes halogenated alkanes) is 24. The zero-order chi connectivity index (χ0) is 72.3. The first-order chi connectivity index (χ1) is 48.2. The van der Waals surface area contributed by atoms with Gasteiger partial charge in [-0.05, 0) is 122 Å². The van der Waals surface area contributed by atoms with E-state index in [-0.39, 0.29) is 19.3 Å². The summed E-state index contributed by atoms with van der Waals surface area (Å²) in [4.78, 5) is 58.5. The summed E-state index contributed by atoms with van der Waals surface area (Å²) in [6.45, 7) is 2.40. The summed E-state index contributed by atoms with van der Waals surface area (Å²) >= 11 is 0. The molecule has 0 bridgehead atoms. The second-order valence-corrected chi connectivity index (χ2v) is 28.0. The minimum Gasteiger partial charge on any atom is -0.463 e. The number of allylic oxidation sites excluding steroid dienone is 24. The van der Waals surface area contributed by atoms with Crippen molar-refractivity contribution < 1.29 is 75.8 Å². The van der Waals surface area contributed by atoms with Crippen LogP contribution in [0.15, 0.2) is 146 Å². The average Bonchev–Trinajstić information content (AvgIpc) is 1.26. The summed E-state index contributed by atoms with van der Waals surface area (Å²) < 4.78 is 61.0. The van der Waals surface area contributed by atoms with Crippen molar-refractivity contribution in [1.82, 2.24) is 0 Å². The van der Waals surface area contributed by atoms with Crippen molar-refractivity contribution in [3.05, 3.63) is 146 Å². The highest BCUT2D eigenvalue weighted by Crippen LogP contribution is 2.45. The Hall–Kier alpha value is -4.57. The van der Waals surface area contributed by atoms with E-state index in [1.165, 1.54) is 70.6 Å². The van der Waals surface area contributed by atoms with E-state index in [1.807, 2.05) is 0 Å². The first-order valence-electron chi connectivity index (χ1n) is 38.1. The number of hydrogen-bond donors (Lipinski definition) is 4. The van der Waals surface area contributed by atoms with E-state index in [9.17, 15) is 43.5 Å². The summed E-state index contributed by atoms with van der Waals surface area (Å²) in [5.74, 6) is -1.61. The van der Waals surface area contributed by atoms with Crippen LogP contribution in [0.3, 0.4) is 0 Å². The van der Waals surface area contributed by atoms with E-state index in [0.29, 0.717) is 19.3 Å². The molecule has 16 nitrogen and oxygen atoms in total. The molecule has 566 valence electrons. The quantitative estimate of drug-likeness (QED) is 0.0146. The molecule has 0 saturated heterocycles. The minimum absolute atomic E-state index is 0.0974. The third kappa shape index (κ3) is 74.4. The number of esters is 3. The second-order valence-electron chi connectivity index (χ2n) is 25.0. The molecule has 0 fully saturated rings. The second kappa shape index (κ2) is 73.2. The number of ether oxygens (including phenoxy) is 3. The van der Waals surface area contributed by atoms with Gasteiger partial charge in [0.05, 0.1) is 26.4 Å². The molecule has 0 aromatic carbocycles. The Morgan fingerprint density at radius 3 is 0.848 bits per heavy atom. The van der Waals surface area contributed by atoms with Crippen molar-refractivity contribution in [3.63, 3.8) is 0 Å². The maximum atomic E-state index is 12.9. The van der Waals surface area contributed by atoms with E-state index in [4.69, 9.17) is 32.3 Å². The molecule has 0 saturated carbocycles. The van der Waals surface area contributed by atoms with Gasteiger partial charge in [0, 0.05) is 19.3 Å². The molecule has 0 aromatic rings. The average molecular weight is 1430 g/mol. The zero-order valence-corrected chi connectivity index (χ0v) is 63.4. The molecule has 0 spiro atoms. The van der Waals surface area contributed by atoms with E-state index in [2.05, 4.69) is 167 Å². The van der Waals surface area contributed by atoms with Crippen molar-refractivity contribution >= 4 is 33.6 Å². The molecule has 0 aliphatic carbocycles. The van der Waals surface area contributed by atoms with Crippen molar-refractivity contribution in [3.8, 4) is 0 Å². The molecule has 0 aliphatic rings. The van der Waals surface area contributed by atoms with Gasteiger partial charge in [-0.15, -0.1) is 0 Å². The lowest BCUT2D eigenvalue weighted by molar-refractivity contribution is -0.161. The Morgan fingerprint density at radius 2 is 0.535 bits per heavy atom. The molecule has 5 atom stereocenters. The third-order valence-corrected chi connectivity index (χ3v) is 17.5. The Morgan fingerprint density at radius 1 is 0.293 bits per heavy atom. The standard InChI is InChI=1S/C81H136O16P2/c1-4-7-10-13-16-19-22-24-26-28-30-32-34-35-36-37-38-39-41-43-44-46-48-50-53-55-58-61-64-67-79(84)91-70-76(82)71-93-98(87,88)94-72-77(83)73-95-99(89,90)96-75-78(97-81(86)69-66-63-60-57-52-21-18-15-12-9-6-3)74-92-80(85)68-65-62-59-56-54-51-49-47-45-42-40-33-31-29-27-25-23-20-17-14-11-8-5-2/h7-8,10-11,16-17,19-20,24-27,30-33,35-36,38-39,42,45,49,51,76-78,82-83H,4-6,9,12-15,18,21-23,28-29,34,37,40-41,43-44,46-48,50,52-75H2,1-3H3,(H,87,88)(H,89,90)/b10-7-,11-8-,19-16-,20-17-,26-24-,27-25-,32-30-,33-31-,36-35-,39-38-,45-42-,51-49-. The number of hydrogen-bond acceptors (Lipinski definition) is 14. The van der Waals surface area contributed by atoms with E-state index in [0.717, 1.165) is 161 Å². The summed E-state index contributed by atoms with van der Waals surface area (Å²) in [6.07, 6.45) is 89.0. The highest BCUT2D eigenvalue weighted by molar-refractivity contribution is 7.47. The minimum atomic E-state index is -4.93. The molecule has 4 N–H and O–H groups in total. The van der Waals surface area contributed by atoms with Crippen LogP contribution in [0, 0.1) is 0 Å². The Kier molecular flexibility index (Phi) is 69.8. The summed E-state index contributed by atoms with van der Waals surface area (Å²) in [5, 5.41) is 20.6. The monoisotopic (exact) mass is 1430 g/mol. The summed E-state index contributed by atoms with van der Waals surface area (Å²) in [6, 6.07) is 0.